The van der Waals surface area contributed by atoms with Crippen molar-refractivity contribution in [2.45, 2.75) is 38.6 Å². The zero-order valence-electron chi connectivity index (χ0n) is 12.0. The molecule has 114 valence electrons. The highest BCUT2D eigenvalue weighted by atomic mass is 16.4. The van der Waals surface area contributed by atoms with Gasteiger partial charge in [0, 0.05) is 24.1 Å². The van der Waals surface area contributed by atoms with E-state index in [1.165, 1.54) is 0 Å². The van der Waals surface area contributed by atoms with Crippen LogP contribution in [0.25, 0.3) is 0 Å². The number of aliphatic carboxylic acids is 1. The van der Waals surface area contributed by atoms with Gasteiger partial charge in [-0.1, -0.05) is 19.1 Å². The first-order valence-corrected chi connectivity index (χ1v) is 6.85. The van der Waals surface area contributed by atoms with Gasteiger partial charge in [-0.25, -0.2) is 0 Å². The van der Waals surface area contributed by atoms with Crippen molar-refractivity contribution < 1.29 is 19.5 Å². The highest BCUT2D eigenvalue weighted by Gasteiger charge is 2.15. The third-order valence-corrected chi connectivity index (χ3v) is 2.94. The zero-order valence-corrected chi connectivity index (χ0v) is 12.0. The minimum absolute atomic E-state index is 0.0174. The summed E-state index contributed by atoms with van der Waals surface area (Å²) in [7, 11) is 0. The molecule has 0 radical (unpaired) electrons. The molecule has 6 nitrogen and oxygen atoms in total. The first kappa shape index (κ1) is 16.8. The molecular weight excluding hydrogens is 272 g/mol. The molecule has 0 spiro atoms. The van der Waals surface area contributed by atoms with Crippen LogP contribution in [0.4, 0.5) is 5.69 Å². The summed E-state index contributed by atoms with van der Waals surface area (Å²) in [6.45, 7) is 1.92. The van der Waals surface area contributed by atoms with Crippen LogP contribution >= 0.6 is 0 Å². The number of nitrogens with two attached hydrogens (primary N) is 1. The maximum atomic E-state index is 11.8. The van der Waals surface area contributed by atoms with E-state index in [1.54, 1.807) is 24.3 Å². The molecule has 0 bridgehead atoms. The quantitative estimate of drug-likeness (QED) is 0.633. The maximum Gasteiger partial charge on any atom is 0.303 e. The Hall–Kier alpha value is -2.21. The lowest BCUT2D eigenvalue weighted by molar-refractivity contribution is -0.137. The lowest BCUT2D eigenvalue weighted by Crippen LogP contribution is -2.36. The number of carbonyl (C=O) groups is 3. The van der Waals surface area contributed by atoms with Crippen molar-refractivity contribution in [2.75, 3.05) is 5.32 Å². The molecule has 1 aromatic carbocycles. The molecule has 1 atom stereocenters. The molecule has 4 N–H and O–H groups in total. The molecule has 1 amide bonds. The first-order chi connectivity index (χ1) is 9.93. The minimum atomic E-state index is -0.995. The Morgan fingerprint density at radius 1 is 1.29 bits per heavy atom. The Labute approximate surface area is 123 Å². The molecule has 0 unspecified atom stereocenters. The minimum Gasteiger partial charge on any atom is -0.481 e. The number of carboxylic acid groups (broad SMARTS) is 1. The summed E-state index contributed by atoms with van der Waals surface area (Å²) in [5.41, 5.74) is 6.63. The third-order valence-electron chi connectivity index (χ3n) is 2.94. The standard InChI is InChI=1S/C15H20N2O4/c1-2-4-13(18)10-5-3-6-11(9-10)17-15(21)12(16)7-8-14(19)20/h3,5-6,9,12H,2,4,7-8,16H2,1H3,(H,17,21)(H,19,20)/t12-/m0/s1. The smallest absolute Gasteiger partial charge is 0.303 e. The van der Waals surface area contributed by atoms with E-state index in [4.69, 9.17) is 10.8 Å². The molecule has 0 saturated carbocycles. The molecule has 0 aromatic heterocycles. The Bertz CT molecular complexity index is 528. The van der Waals surface area contributed by atoms with Gasteiger partial charge in [-0.05, 0) is 25.0 Å². The van der Waals surface area contributed by atoms with E-state index in [0.717, 1.165) is 6.42 Å². The van der Waals surface area contributed by atoms with Gasteiger partial charge in [0.15, 0.2) is 5.78 Å². The van der Waals surface area contributed by atoms with Crippen LogP contribution in [0.15, 0.2) is 24.3 Å². The normalized spacial score (nSPS) is 11.7. The lowest BCUT2D eigenvalue weighted by Gasteiger charge is -2.12. The molecule has 1 rings (SSSR count). The Morgan fingerprint density at radius 3 is 2.62 bits per heavy atom. The average molecular weight is 292 g/mol. The Balaban J connectivity index is 2.65. The fourth-order valence-corrected chi connectivity index (χ4v) is 1.79. The number of hydrogen-bond acceptors (Lipinski definition) is 4. The third kappa shape index (κ3) is 5.74. The van der Waals surface area contributed by atoms with Crippen LogP contribution in [0, 0.1) is 0 Å². The number of nitrogens with one attached hydrogen (secondary N) is 1. The second-order valence-corrected chi connectivity index (χ2v) is 4.78. The second kappa shape index (κ2) is 8.16. The van der Waals surface area contributed by atoms with E-state index in [-0.39, 0.29) is 18.6 Å². The molecule has 0 saturated heterocycles. The van der Waals surface area contributed by atoms with Gasteiger partial charge >= 0.3 is 5.97 Å². The van der Waals surface area contributed by atoms with E-state index in [1.807, 2.05) is 6.92 Å². The van der Waals surface area contributed by atoms with Crippen molar-refractivity contribution in [3.8, 4) is 0 Å². The lowest BCUT2D eigenvalue weighted by atomic mass is 10.1. The van der Waals surface area contributed by atoms with Crippen LogP contribution in [-0.4, -0.2) is 28.8 Å². The van der Waals surface area contributed by atoms with Crippen molar-refractivity contribution >= 4 is 23.3 Å². The molecular formula is C15H20N2O4. The van der Waals surface area contributed by atoms with Gasteiger partial charge in [0.1, 0.15) is 0 Å². The fraction of sp³-hybridized carbons (Fsp3) is 0.400. The van der Waals surface area contributed by atoms with Crippen molar-refractivity contribution in [2.24, 2.45) is 5.73 Å². The summed E-state index contributed by atoms with van der Waals surface area (Å²) in [5, 5.41) is 11.2. The Morgan fingerprint density at radius 2 is 2.00 bits per heavy atom. The number of amides is 1. The topological polar surface area (TPSA) is 109 Å². The molecule has 0 fully saturated rings. The van der Waals surface area contributed by atoms with Gasteiger partial charge in [0.25, 0.3) is 0 Å². The summed E-state index contributed by atoms with van der Waals surface area (Å²) in [6, 6.07) is 5.74. The van der Waals surface area contributed by atoms with Crippen molar-refractivity contribution in [1.82, 2.24) is 0 Å². The van der Waals surface area contributed by atoms with E-state index in [2.05, 4.69) is 5.32 Å². The predicted octanol–water partition coefficient (Wildman–Crippen LogP) is 1.80. The van der Waals surface area contributed by atoms with E-state index in [9.17, 15) is 14.4 Å². The number of carboxylic acids is 1. The predicted molar refractivity (Wildman–Crippen MR) is 79.2 cm³/mol. The first-order valence-electron chi connectivity index (χ1n) is 6.85. The highest BCUT2D eigenvalue weighted by molar-refractivity contribution is 5.99. The van der Waals surface area contributed by atoms with E-state index < -0.39 is 17.9 Å². The Kier molecular flexibility index (Phi) is 6.55. The monoisotopic (exact) mass is 292 g/mol. The number of ketones is 1. The van der Waals surface area contributed by atoms with Gasteiger partial charge in [0.2, 0.25) is 5.91 Å². The van der Waals surface area contributed by atoms with Crippen LogP contribution in [-0.2, 0) is 9.59 Å². The molecule has 0 aliphatic heterocycles. The number of hydrogen-bond donors (Lipinski definition) is 3. The van der Waals surface area contributed by atoms with Crippen LogP contribution in [0.2, 0.25) is 0 Å². The number of rotatable bonds is 8. The molecule has 0 aliphatic rings. The van der Waals surface area contributed by atoms with Gasteiger partial charge in [-0.2, -0.15) is 0 Å². The molecule has 1 aromatic rings. The largest absolute Gasteiger partial charge is 0.481 e. The molecule has 0 aliphatic carbocycles. The SMILES string of the molecule is CCCC(=O)c1cccc(NC(=O)[C@@H](N)CCC(=O)O)c1. The highest BCUT2D eigenvalue weighted by Crippen LogP contribution is 2.13. The second-order valence-electron chi connectivity index (χ2n) is 4.78. The number of benzene rings is 1. The van der Waals surface area contributed by atoms with Crippen molar-refractivity contribution in [3.05, 3.63) is 29.8 Å². The molecule has 0 heterocycles. The van der Waals surface area contributed by atoms with Crippen LogP contribution in [0.5, 0.6) is 0 Å². The van der Waals surface area contributed by atoms with Gasteiger partial charge < -0.3 is 16.2 Å². The molecule has 21 heavy (non-hydrogen) atoms. The number of anilines is 1. The number of Topliss-reactive ketones (excluding diaryl/α,β-unsaturated/α-hetero) is 1. The maximum absolute atomic E-state index is 11.8. The van der Waals surface area contributed by atoms with Gasteiger partial charge in [-0.15, -0.1) is 0 Å². The van der Waals surface area contributed by atoms with E-state index in [0.29, 0.717) is 17.7 Å². The van der Waals surface area contributed by atoms with Gasteiger partial charge in [0.05, 0.1) is 6.04 Å². The average Bonchev–Trinajstić information content (AvgIpc) is 2.45. The van der Waals surface area contributed by atoms with E-state index >= 15 is 0 Å². The van der Waals surface area contributed by atoms with Crippen molar-refractivity contribution in [1.29, 1.82) is 0 Å². The summed E-state index contributed by atoms with van der Waals surface area (Å²) in [4.78, 5) is 34.1. The fourth-order valence-electron chi connectivity index (χ4n) is 1.79. The number of carbonyl (C=O) groups excluding carboxylic acids is 2. The van der Waals surface area contributed by atoms with Crippen molar-refractivity contribution in [3.63, 3.8) is 0 Å². The zero-order chi connectivity index (χ0) is 15.8. The summed E-state index contributed by atoms with van der Waals surface area (Å²) >= 11 is 0. The van der Waals surface area contributed by atoms with Crippen LogP contribution in [0.3, 0.4) is 0 Å². The van der Waals surface area contributed by atoms with Gasteiger partial charge in [-0.3, -0.25) is 14.4 Å². The molecule has 6 heteroatoms. The summed E-state index contributed by atoms with van der Waals surface area (Å²) < 4.78 is 0. The summed E-state index contributed by atoms with van der Waals surface area (Å²) in [5.74, 6) is -1.44. The van der Waals surface area contributed by atoms with Crippen LogP contribution in [0.1, 0.15) is 43.0 Å². The van der Waals surface area contributed by atoms with Crippen LogP contribution < -0.4 is 11.1 Å². The summed E-state index contributed by atoms with van der Waals surface area (Å²) in [6.07, 6.45) is 1.12.